The molecule has 1 aromatic heterocycles. The zero-order valence-electron chi connectivity index (χ0n) is 10.7. The Morgan fingerprint density at radius 2 is 2.39 bits per heavy atom. The van der Waals surface area contributed by atoms with E-state index in [1.54, 1.807) is 6.07 Å². The first-order valence-electron chi connectivity index (χ1n) is 5.95. The third kappa shape index (κ3) is 2.90. The molecule has 6 nitrogen and oxygen atoms in total. The standard InChI is InChI=1S/C12H19N3O3/c1-12(2)8-15(4-6-18-12)7-10-9(3-5-17-10)11(16)14-13/h3,5H,4,6-8,13H2,1-2H3,(H,14,16). The van der Waals surface area contributed by atoms with E-state index >= 15 is 0 Å². The highest BCUT2D eigenvalue weighted by atomic mass is 16.5. The summed E-state index contributed by atoms with van der Waals surface area (Å²) in [5.41, 5.74) is 2.44. The Balaban J connectivity index is 2.05. The molecular weight excluding hydrogens is 234 g/mol. The summed E-state index contributed by atoms with van der Waals surface area (Å²) in [6.07, 6.45) is 1.51. The summed E-state index contributed by atoms with van der Waals surface area (Å²) in [5, 5.41) is 0. The van der Waals surface area contributed by atoms with Crippen molar-refractivity contribution in [2.45, 2.75) is 26.0 Å². The second-order valence-electron chi connectivity index (χ2n) is 5.05. The number of furan rings is 1. The van der Waals surface area contributed by atoms with Crippen LogP contribution < -0.4 is 11.3 Å². The minimum atomic E-state index is -0.328. The van der Waals surface area contributed by atoms with Crippen molar-refractivity contribution in [1.82, 2.24) is 10.3 Å². The number of hydrazine groups is 1. The van der Waals surface area contributed by atoms with E-state index in [-0.39, 0.29) is 11.5 Å². The van der Waals surface area contributed by atoms with Gasteiger partial charge >= 0.3 is 0 Å². The molecule has 0 unspecified atom stereocenters. The first-order valence-corrected chi connectivity index (χ1v) is 5.95. The number of nitrogens with two attached hydrogens (primary N) is 1. The van der Waals surface area contributed by atoms with Gasteiger partial charge in [0.2, 0.25) is 0 Å². The van der Waals surface area contributed by atoms with Crippen LogP contribution in [0, 0.1) is 0 Å². The molecule has 1 aliphatic rings. The number of carbonyl (C=O) groups is 1. The monoisotopic (exact) mass is 253 g/mol. The van der Waals surface area contributed by atoms with Crippen molar-refractivity contribution >= 4 is 5.91 Å². The van der Waals surface area contributed by atoms with Crippen LogP contribution in [0.15, 0.2) is 16.7 Å². The van der Waals surface area contributed by atoms with E-state index in [1.807, 2.05) is 0 Å². The van der Waals surface area contributed by atoms with Gasteiger partial charge in [0.1, 0.15) is 5.76 Å². The predicted molar refractivity (Wildman–Crippen MR) is 65.7 cm³/mol. The van der Waals surface area contributed by atoms with Crippen LogP contribution >= 0.6 is 0 Å². The maximum absolute atomic E-state index is 11.5. The Morgan fingerprint density at radius 1 is 1.61 bits per heavy atom. The molecular formula is C12H19N3O3. The summed E-state index contributed by atoms with van der Waals surface area (Å²) < 4.78 is 11.0. The number of nitrogens with one attached hydrogen (secondary N) is 1. The van der Waals surface area contributed by atoms with Gasteiger partial charge in [-0.1, -0.05) is 0 Å². The van der Waals surface area contributed by atoms with E-state index in [9.17, 15) is 4.79 Å². The van der Waals surface area contributed by atoms with E-state index < -0.39 is 0 Å². The first-order chi connectivity index (χ1) is 8.52. The summed E-state index contributed by atoms with van der Waals surface area (Å²) in [4.78, 5) is 13.7. The van der Waals surface area contributed by atoms with Crippen molar-refractivity contribution in [2.24, 2.45) is 5.84 Å². The lowest BCUT2D eigenvalue weighted by molar-refractivity contribution is -0.0894. The normalized spacial score (nSPS) is 19.7. The number of amides is 1. The van der Waals surface area contributed by atoms with Crippen LogP contribution in [0.4, 0.5) is 0 Å². The number of nitrogens with zero attached hydrogens (tertiary/aromatic N) is 1. The van der Waals surface area contributed by atoms with Gasteiger partial charge in [-0.2, -0.15) is 0 Å². The number of hydrogen-bond donors (Lipinski definition) is 2. The van der Waals surface area contributed by atoms with Crippen molar-refractivity contribution in [3.05, 3.63) is 23.7 Å². The second kappa shape index (κ2) is 5.09. The van der Waals surface area contributed by atoms with E-state index in [2.05, 4.69) is 24.2 Å². The van der Waals surface area contributed by atoms with Gasteiger partial charge in [-0.3, -0.25) is 15.1 Å². The minimum Gasteiger partial charge on any atom is -0.467 e. The Hall–Kier alpha value is -1.37. The van der Waals surface area contributed by atoms with Crippen LogP contribution in [0.5, 0.6) is 0 Å². The lowest BCUT2D eigenvalue weighted by atomic mass is 10.1. The van der Waals surface area contributed by atoms with Crippen LogP contribution in [-0.2, 0) is 11.3 Å². The Bertz CT molecular complexity index is 428. The van der Waals surface area contributed by atoms with E-state index in [0.29, 0.717) is 24.5 Å². The fourth-order valence-electron chi connectivity index (χ4n) is 2.20. The van der Waals surface area contributed by atoms with Gasteiger partial charge < -0.3 is 9.15 Å². The van der Waals surface area contributed by atoms with E-state index in [4.69, 9.17) is 15.0 Å². The van der Waals surface area contributed by atoms with Gasteiger partial charge in [0.25, 0.3) is 5.91 Å². The van der Waals surface area contributed by atoms with Crippen molar-refractivity contribution in [3.63, 3.8) is 0 Å². The maximum atomic E-state index is 11.5. The summed E-state index contributed by atoms with van der Waals surface area (Å²) in [6.45, 7) is 7.00. The molecule has 18 heavy (non-hydrogen) atoms. The number of ether oxygens (including phenoxy) is 1. The highest BCUT2D eigenvalue weighted by Gasteiger charge is 2.28. The summed E-state index contributed by atoms with van der Waals surface area (Å²) in [6, 6.07) is 1.63. The summed E-state index contributed by atoms with van der Waals surface area (Å²) in [5.74, 6) is 5.44. The first kappa shape index (κ1) is 13.1. The largest absolute Gasteiger partial charge is 0.467 e. The zero-order valence-corrected chi connectivity index (χ0v) is 10.7. The molecule has 0 saturated carbocycles. The molecule has 0 aromatic carbocycles. The van der Waals surface area contributed by atoms with Gasteiger partial charge in [-0.15, -0.1) is 0 Å². The van der Waals surface area contributed by atoms with Crippen molar-refractivity contribution in [2.75, 3.05) is 19.7 Å². The molecule has 0 bridgehead atoms. The smallest absolute Gasteiger partial charge is 0.268 e. The van der Waals surface area contributed by atoms with Crippen molar-refractivity contribution in [1.29, 1.82) is 0 Å². The number of morpholine rings is 1. The van der Waals surface area contributed by atoms with Crippen LogP contribution in [0.2, 0.25) is 0 Å². The lowest BCUT2D eigenvalue weighted by Gasteiger charge is -2.37. The van der Waals surface area contributed by atoms with Gasteiger partial charge in [0.05, 0.1) is 30.6 Å². The van der Waals surface area contributed by atoms with Gasteiger partial charge in [-0.05, 0) is 19.9 Å². The molecule has 0 spiro atoms. The lowest BCUT2D eigenvalue weighted by Crippen LogP contribution is -2.47. The molecule has 6 heteroatoms. The highest BCUT2D eigenvalue weighted by Crippen LogP contribution is 2.20. The topological polar surface area (TPSA) is 80.7 Å². The minimum absolute atomic E-state index is 0.166. The van der Waals surface area contributed by atoms with Gasteiger partial charge in [-0.25, -0.2) is 5.84 Å². The van der Waals surface area contributed by atoms with E-state index in [1.165, 1.54) is 6.26 Å². The number of nitrogen functional groups attached to an aromatic ring is 1. The Kier molecular flexibility index (Phi) is 3.70. The molecule has 0 radical (unpaired) electrons. The second-order valence-corrected chi connectivity index (χ2v) is 5.05. The molecule has 1 fully saturated rings. The molecule has 0 atom stereocenters. The number of rotatable bonds is 3. The van der Waals surface area contributed by atoms with Crippen molar-refractivity contribution < 1.29 is 13.9 Å². The molecule has 2 rings (SSSR count). The van der Waals surface area contributed by atoms with Gasteiger partial charge in [0, 0.05) is 13.1 Å². The van der Waals surface area contributed by atoms with Crippen molar-refractivity contribution in [3.8, 4) is 0 Å². The Labute approximate surface area is 106 Å². The van der Waals surface area contributed by atoms with E-state index in [0.717, 1.165) is 13.1 Å². The molecule has 3 N–H and O–H groups in total. The average molecular weight is 253 g/mol. The SMILES string of the molecule is CC1(C)CN(Cc2occc2C(=O)NN)CCO1. The molecule has 1 aromatic rings. The maximum Gasteiger partial charge on any atom is 0.268 e. The van der Waals surface area contributed by atoms with Crippen LogP contribution in [0.1, 0.15) is 30.0 Å². The molecule has 100 valence electrons. The zero-order chi connectivity index (χ0) is 13.2. The third-order valence-corrected chi connectivity index (χ3v) is 2.99. The fraction of sp³-hybridized carbons (Fsp3) is 0.583. The highest BCUT2D eigenvalue weighted by molar-refractivity contribution is 5.94. The molecule has 1 amide bonds. The number of carbonyl (C=O) groups excluding carboxylic acids is 1. The average Bonchev–Trinajstić information content (AvgIpc) is 2.75. The van der Waals surface area contributed by atoms with Gasteiger partial charge in [0.15, 0.2) is 0 Å². The third-order valence-electron chi connectivity index (χ3n) is 2.99. The summed E-state index contributed by atoms with van der Waals surface area (Å²) >= 11 is 0. The van der Waals surface area contributed by atoms with Crippen LogP contribution in [0.3, 0.4) is 0 Å². The molecule has 2 heterocycles. The molecule has 1 saturated heterocycles. The quantitative estimate of drug-likeness (QED) is 0.465. The van der Waals surface area contributed by atoms with Crippen LogP contribution in [0.25, 0.3) is 0 Å². The molecule has 0 aliphatic carbocycles. The van der Waals surface area contributed by atoms with Crippen LogP contribution in [-0.4, -0.2) is 36.1 Å². The fourth-order valence-corrected chi connectivity index (χ4v) is 2.20. The Morgan fingerprint density at radius 3 is 3.06 bits per heavy atom. The number of hydrogen-bond acceptors (Lipinski definition) is 5. The predicted octanol–water partition coefficient (Wildman–Crippen LogP) is 0.494. The molecule has 1 aliphatic heterocycles. The summed E-state index contributed by atoms with van der Waals surface area (Å²) in [7, 11) is 0.